The Balaban J connectivity index is 1.75. The number of hydrogen-bond donors (Lipinski definition) is 18. The highest BCUT2D eigenvalue weighted by molar-refractivity contribution is 6.00. The number of hydrogen-bond acceptors (Lipinski definition) is 18. The highest BCUT2D eigenvalue weighted by Crippen LogP contribution is 2.11. The third-order valence-corrected chi connectivity index (χ3v) is 13.8. The first-order valence-electron chi connectivity index (χ1n) is 28.5. The summed E-state index contributed by atoms with van der Waals surface area (Å²) in [5, 5.41) is 49.6. The summed E-state index contributed by atoms with van der Waals surface area (Å²) < 4.78 is 0. The molecule has 1 aliphatic heterocycles. The molecule has 1 aliphatic rings. The molecule has 0 bridgehead atoms. The van der Waals surface area contributed by atoms with Crippen molar-refractivity contribution in [1.29, 1.82) is 0 Å². The van der Waals surface area contributed by atoms with E-state index in [1.807, 2.05) is 0 Å². The van der Waals surface area contributed by atoms with Crippen LogP contribution in [0.1, 0.15) is 73.9 Å². The Labute approximate surface area is 498 Å². The van der Waals surface area contributed by atoms with Gasteiger partial charge in [0.2, 0.25) is 59.1 Å². The second kappa shape index (κ2) is 36.4. The topological polar surface area (TPSA) is 491 Å². The van der Waals surface area contributed by atoms with E-state index in [4.69, 9.17) is 28.7 Å². The Kier molecular flexibility index (Phi) is 29.7. The summed E-state index contributed by atoms with van der Waals surface area (Å²) in [5.41, 5.74) is 30.8. The van der Waals surface area contributed by atoms with Crippen LogP contribution in [0.25, 0.3) is 0 Å². The molecule has 29 nitrogen and oxygen atoms in total. The SMILES string of the molecule is C[C@@H](O)[C@@H]1NC(=O)[C@H](CCN)NC(=O)[C@H](CCN)NC(=O)[C@H](Cc2ccccc2)NC(=O)[C@@H](Cc2ccccc2)NC(=O)[C@H](CCN)NC(=O)[C@@H](NC(=O)[C@H](CCN)NC(=O)[C@@H](NC(=O)[C@H](CCN)NC(=O)c2ccccc2)[C@@H](C)O)CCNC1=O. The first-order chi connectivity index (χ1) is 41.1. The molecule has 0 radical (unpaired) electrons. The number of amides is 11. The second-order valence-corrected chi connectivity index (χ2v) is 20.6. The second-order valence-electron chi connectivity index (χ2n) is 20.6. The lowest BCUT2D eigenvalue weighted by atomic mass is 10.0. The van der Waals surface area contributed by atoms with Crippen molar-refractivity contribution in [2.45, 2.75) is 138 Å². The van der Waals surface area contributed by atoms with Gasteiger partial charge in [-0.15, -0.1) is 0 Å². The van der Waals surface area contributed by atoms with Crippen LogP contribution >= 0.6 is 0 Å². The molecule has 0 spiro atoms. The predicted octanol–water partition coefficient (Wildman–Crippen LogP) is -6.34. The van der Waals surface area contributed by atoms with Crippen LogP contribution in [0.4, 0.5) is 0 Å². The van der Waals surface area contributed by atoms with Crippen molar-refractivity contribution < 1.29 is 63.0 Å². The van der Waals surface area contributed by atoms with E-state index >= 15 is 0 Å². The number of benzene rings is 3. The Bertz CT molecular complexity index is 2730. The molecule has 1 heterocycles. The van der Waals surface area contributed by atoms with Gasteiger partial charge in [0.1, 0.15) is 60.4 Å². The summed E-state index contributed by atoms with van der Waals surface area (Å²) in [5.74, 6) is -10.2. The number of carbonyl (C=O) groups excluding carboxylic acids is 11. The van der Waals surface area contributed by atoms with Crippen molar-refractivity contribution in [3.05, 3.63) is 108 Å². The molecule has 86 heavy (non-hydrogen) atoms. The molecule has 23 N–H and O–H groups in total. The third kappa shape index (κ3) is 22.5. The number of nitrogens with two attached hydrogens (primary N) is 5. The summed E-state index contributed by atoms with van der Waals surface area (Å²) in [4.78, 5) is 155. The van der Waals surface area contributed by atoms with E-state index in [0.29, 0.717) is 11.1 Å². The zero-order valence-corrected chi connectivity index (χ0v) is 48.3. The molecular weight excluding hydrogens is 1120 g/mol. The van der Waals surface area contributed by atoms with Gasteiger partial charge in [0.15, 0.2) is 0 Å². The van der Waals surface area contributed by atoms with Crippen molar-refractivity contribution in [3.8, 4) is 0 Å². The molecule has 1 fully saturated rings. The van der Waals surface area contributed by atoms with E-state index in [2.05, 4.69) is 58.5 Å². The molecule has 29 heteroatoms. The maximum atomic E-state index is 14.6. The van der Waals surface area contributed by atoms with Gasteiger partial charge in [-0.05, 0) is 108 Å². The van der Waals surface area contributed by atoms with E-state index in [0.717, 1.165) is 0 Å². The van der Waals surface area contributed by atoms with Gasteiger partial charge in [-0.3, -0.25) is 52.7 Å². The molecule has 1 saturated heterocycles. The standard InChI is InChI=1S/C57H84N16O13/c1-32(74)45-56(85)63-29-23-42(68-49(78)39(20-26-60)69-57(86)46(33(2)75)73-52(81)40(21-27-61)64-47(76)36-16-10-5-11-17-36)51(80)65-38(19-25-59)50(79)70-44(31-35-14-8-4-9-15-35)55(84)71-43(30-34-12-6-3-7-13-34)54(83)67-37(18-24-58)48(77)66-41(22-28-62)53(82)72-45/h3-17,32-33,37-46,74-75H,18-31,58-62H2,1-2H3,(H,63,85)(H,64,76)(H,65,80)(H,66,77)(H,67,83)(H,68,78)(H,69,86)(H,70,79)(H,71,84)(H,72,82)(H,73,81)/t32-,33-,37+,38+,39+,40+,41+,42+,43+,44-,45+,46+/m1/s1. The van der Waals surface area contributed by atoms with Gasteiger partial charge in [0.25, 0.3) is 5.91 Å². The van der Waals surface area contributed by atoms with E-state index in [9.17, 15) is 63.0 Å². The molecule has 11 amide bonds. The minimum atomic E-state index is -1.74. The van der Waals surface area contributed by atoms with Crippen LogP contribution in [0.15, 0.2) is 91.0 Å². The highest BCUT2D eigenvalue weighted by Gasteiger charge is 2.37. The number of nitrogens with one attached hydrogen (secondary N) is 11. The van der Waals surface area contributed by atoms with E-state index in [-0.39, 0.29) is 83.2 Å². The minimum absolute atomic E-state index is 0.0680. The largest absolute Gasteiger partial charge is 0.391 e. The van der Waals surface area contributed by atoms with Gasteiger partial charge in [-0.1, -0.05) is 78.9 Å². The summed E-state index contributed by atoms with van der Waals surface area (Å²) in [7, 11) is 0. The summed E-state index contributed by atoms with van der Waals surface area (Å²) in [6.07, 6.45) is -4.90. The molecule has 4 rings (SSSR count). The zero-order valence-electron chi connectivity index (χ0n) is 48.3. The van der Waals surface area contributed by atoms with E-state index < -0.39 is 151 Å². The lowest BCUT2D eigenvalue weighted by Crippen LogP contribution is -2.62. The van der Waals surface area contributed by atoms with Gasteiger partial charge in [-0.25, -0.2) is 0 Å². The molecule has 12 atom stereocenters. The number of aliphatic hydroxyl groups excluding tert-OH is 2. The summed E-state index contributed by atoms with van der Waals surface area (Å²) in [6.45, 7) is 1.08. The van der Waals surface area contributed by atoms with Gasteiger partial charge in [0, 0.05) is 24.9 Å². The zero-order chi connectivity index (χ0) is 63.3. The van der Waals surface area contributed by atoms with Crippen LogP contribution in [0.2, 0.25) is 0 Å². The average molecular weight is 1200 g/mol. The molecule has 470 valence electrons. The van der Waals surface area contributed by atoms with Crippen LogP contribution in [-0.2, 0) is 60.8 Å². The molecular formula is C57H84N16O13. The van der Waals surface area contributed by atoms with E-state index in [1.54, 1.807) is 78.9 Å². The first-order valence-corrected chi connectivity index (χ1v) is 28.5. The minimum Gasteiger partial charge on any atom is -0.391 e. The fourth-order valence-corrected chi connectivity index (χ4v) is 9.06. The maximum Gasteiger partial charge on any atom is 0.251 e. The van der Waals surface area contributed by atoms with Crippen molar-refractivity contribution in [1.82, 2.24) is 58.5 Å². The van der Waals surface area contributed by atoms with Gasteiger partial charge < -0.3 is 97.4 Å². The normalized spacial score (nSPS) is 22.2. The fraction of sp³-hybridized carbons (Fsp3) is 0.491. The van der Waals surface area contributed by atoms with Crippen molar-refractivity contribution in [2.24, 2.45) is 28.7 Å². The lowest BCUT2D eigenvalue weighted by molar-refractivity contribution is -0.136. The molecule has 3 aromatic rings. The van der Waals surface area contributed by atoms with Crippen molar-refractivity contribution in [2.75, 3.05) is 39.3 Å². The average Bonchev–Trinajstić information content (AvgIpc) is 3.54. The number of rotatable bonds is 24. The van der Waals surface area contributed by atoms with Crippen molar-refractivity contribution in [3.63, 3.8) is 0 Å². The van der Waals surface area contributed by atoms with Crippen LogP contribution in [-0.4, -0.2) is 187 Å². The first kappa shape index (κ1) is 70.0. The van der Waals surface area contributed by atoms with Crippen LogP contribution < -0.4 is 87.2 Å². The molecule has 0 saturated carbocycles. The van der Waals surface area contributed by atoms with Gasteiger partial charge in [0.05, 0.1) is 12.2 Å². The molecule has 0 unspecified atom stereocenters. The Hall–Kier alpha value is -8.45. The number of carbonyl (C=O) groups is 11. The molecule has 0 aliphatic carbocycles. The molecule has 0 aromatic heterocycles. The predicted molar refractivity (Wildman–Crippen MR) is 315 cm³/mol. The summed E-state index contributed by atoms with van der Waals surface area (Å²) in [6, 6.07) is 9.79. The van der Waals surface area contributed by atoms with Crippen LogP contribution in [0.3, 0.4) is 0 Å². The van der Waals surface area contributed by atoms with Crippen molar-refractivity contribution >= 4 is 65.0 Å². The van der Waals surface area contributed by atoms with Gasteiger partial charge in [-0.2, -0.15) is 0 Å². The quantitative estimate of drug-likeness (QED) is 0.0397. The smallest absolute Gasteiger partial charge is 0.251 e. The van der Waals surface area contributed by atoms with Gasteiger partial charge >= 0.3 is 0 Å². The fourth-order valence-electron chi connectivity index (χ4n) is 9.06. The Morgan fingerprint density at radius 1 is 0.488 bits per heavy atom. The molecule has 3 aromatic carbocycles. The Morgan fingerprint density at radius 2 is 0.895 bits per heavy atom. The third-order valence-electron chi connectivity index (χ3n) is 13.8. The Morgan fingerprint density at radius 3 is 1.33 bits per heavy atom. The van der Waals surface area contributed by atoms with Crippen LogP contribution in [0.5, 0.6) is 0 Å². The monoisotopic (exact) mass is 1200 g/mol. The highest BCUT2D eigenvalue weighted by atomic mass is 16.3. The van der Waals surface area contributed by atoms with E-state index in [1.165, 1.54) is 26.0 Å². The maximum absolute atomic E-state index is 14.6. The lowest BCUT2D eigenvalue weighted by Gasteiger charge is -2.28. The number of aliphatic hydroxyl groups is 2. The van der Waals surface area contributed by atoms with Crippen LogP contribution in [0, 0.1) is 0 Å². The summed E-state index contributed by atoms with van der Waals surface area (Å²) >= 11 is 0.